The molecule has 0 aliphatic rings. The maximum absolute atomic E-state index is 13.3. The van der Waals surface area contributed by atoms with E-state index in [9.17, 15) is 4.79 Å². The number of nitrogens with zero attached hydrogens (tertiary/aromatic N) is 1. The van der Waals surface area contributed by atoms with Crippen LogP contribution in [-0.4, -0.2) is 45.3 Å². The zero-order valence-electron chi connectivity index (χ0n) is 21.2. The molecule has 0 radical (unpaired) electrons. The van der Waals surface area contributed by atoms with Gasteiger partial charge in [0.15, 0.2) is 0 Å². The molecule has 5 N–H and O–H groups in total. The Balaban J connectivity index is 1.71. The van der Waals surface area contributed by atoms with Gasteiger partial charge in [-0.2, -0.15) is 0 Å². The van der Waals surface area contributed by atoms with E-state index < -0.39 is 0 Å². The van der Waals surface area contributed by atoms with E-state index in [2.05, 4.69) is 28.9 Å². The van der Waals surface area contributed by atoms with Crippen LogP contribution in [-0.2, 0) is 6.42 Å². The van der Waals surface area contributed by atoms with E-state index in [-0.39, 0.29) is 6.03 Å². The highest BCUT2D eigenvalue weighted by Gasteiger charge is 2.21. The third-order valence-electron chi connectivity index (χ3n) is 5.99. The van der Waals surface area contributed by atoms with Crippen LogP contribution in [0.15, 0.2) is 48.5 Å². The molecule has 6 heteroatoms. The number of anilines is 2. The number of amides is 2. The van der Waals surface area contributed by atoms with Crippen LogP contribution in [0.25, 0.3) is 0 Å². The maximum atomic E-state index is 13.3. The maximum Gasteiger partial charge on any atom is 0.326 e. The quantitative estimate of drug-likeness (QED) is 0.250. The van der Waals surface area contributed by atoms with Crippen molar-refractivity contribution in [3.05, 3.63) is 59.7 Å². The van der Waals surface area contributed by atoms with Crippen LogP contribution >= 0.6 is 0 Å². The number of carbonyl (C=O) groups is 1. The van der Waals surface area contributed by atoms with Crippen LogP contribution in [0.1, 0.15) is 56.6 Å². The van der Waals surface area contributed by atoms with Gasteiger partial charge in [0.2, 0.25) is 0 Å². The second kappa shape index (κ2) is 17.1. The van der Waals surface area contributed by atoms with Crippen LogP contribution in [0.3, 0.4) is 0 Å². The molecular weight excluding hydrogens is 422 g/mol. The molecule has 34 heavy (non-hydrogen) atoms. The lowest BCUT2D eigenvalue weighted by atomic mass is 10.1. The van der Waals surface area contributed by atoms with Gasteiger partial charge in [-0.25, -0.2) is 4.79 Å². The Kier molecular flexibility index (Phi) is 14.0. The standard InChI is InChI=1S/C28H45N5O/c1-3-25-15-5-7-17-27(25)33(26-16-6-4-14-24(26)2)28(34)32-23-13-12-22-31-21-11-10-20-30-19-9-8-18-29/h4-7,14-17,30-31H,3,8-13,18-23,29H2,1-2H3,(H,32,34). The minimum absolute atomic E-state index is 0.0675. The highest BCUT2D eigenvalue weighted by atomic mass is 16.2. The summed E-state index contributed by atoms with van der Waals surface area (Å²) in [6.07, 6.45) is 7.53. The summed E-state index contributed by atoms with van der Waals surface area (Å²) in [7, 11) is 0. The second-order valence-electron chi connectivity index (χ2n) is 8.75. The number of nitrogens with two attached hydrogens (primary N) is 1. The summed E-state index contributed by atoms with van der Waals surface area (Å²) in [5.74, 6) is 0. The first-order valence-electron chi connectivity index (χ1n) is 13.0. The van der Waals surface area contributed by atoms with Gasteiger partial charge in [0.1, 0.15) is 0 Å². The minimum Gasteiger partial charge on any atom is -0.337 e. The van der Waals surface area contributed by atoms with Crippen molar-refractivity contribution in [3.8, 4) is 0 Å². The Morgan fingerprint density at radius 2 is 1.29 bits per heavy atom. The summed E-state index contributed by atoms with van der Waals surface area (Å²) in [6, 6.07) is 16.1. The largest absolute Gasteiger partial charge is 0.337 e. The second-order valence-corrected chi connectivity index (χ2v) is 8.75. The third kappa shape index (κ3) is 9.84. The molecule has 6 nitrogen and oxygen atoms in total. The number of para-hydroxylation sites is 2. The Morgan fingerprint density at radius 3 is 1.88 bits per heavy atom. The SMILES string of the molecule is CCc1ccccc1N(C(=O)NCCCCNCCCCNCCCCN)c1ccccc1C. The van der Waals surface area contributed by atoms with Crippen molar-refractivity contribution in [3.63, 3.8) is 0 Å². The summed E-state index contributed by atoms with van der Waals surface area (Å²) in [5.41, 5.74) is 9.62. The first-order chi connectivity index (χ1) is 16.7. The average molecular weight is 468 g/mol. The van der Waals surface area contributed by atoms with Crippen molar-refractivity contribution in [2.45, 2.75) is 58.8 Å². The van der Waals surface area contributed by atoms with E-state index in [1.807, 2.05) is 54.3 Å². The van der Waals surface area contributed by atoms with Gasteiger partial charge in [0.05, 0.1) is 11.4 Å². The van der Waals surface area contributed by atoms with Crippen LogP contribution in [0, 0.1) is 6.92 Å². The third-order valence-corrected chi connectivity index (χ3v) is 5.99. The Bertz CT molecular complexity index is 826. The Labute approximate surface area is 206 Å². The molecule has 2 rings (SSSR count). The fourth-order valence-corrected chi connectivity index (χ4v) is 3.98. The lowest BCUT2D eigenvalue weighted by Gasteiger charge is -2.27. The van der Waals surface area contributed by atoms with Crippen LogP contribution in [0.5, 0.6) is 0 Å². The number of urea groups is 1. The molecule has 0 unspecified atom stereocenters. The van der Waals surface area contributed by atoms with Gasteiger partial charge in [-0.1, -0.05) is 43.3 Å². The molecule has 2 amide bonds. The molecule has 0 aliphatic carbocycles. The predicted octanol–water partition coefficient (Wildman–Crippen LogP) is 4.88. The topological polar surface area (TPSA) is 82.4 Å². The number of hydrogen-bond donors (Lipinski definition) is 4. The molecule has 0 saturated heterocycles. The van der Waals surface area contributed by atoms with Gasteiger partial charge in [-0.15, -0.1) is 0 Å². The summed E-state index contributed by atoms with van der Waals surface area (Å²) in [4.78, 5) is 15.1. The highest BCUT2D eigenvalue weighted by molar-refractivity contribution is 6.00. The molecule has 0 aromatic heterocycles. The Morgan fingerprint density at radius 1 is 0.765 bits per heavy atom. The first-order valence-corrected chi connectivity index (χ1v) is 13.0. The van der Waals surface area contributed by atoms with E-state index in [1.54, 1.807) is 0 Å². The number of carbonyl (C=O) groups excluding carboxylic acids is 1. The fraction of sp³-hybridized carbons (Fsp3) is 0.536. The number of nitrogens with one attached hydrogen (secondary N) is 3. The lowest BCUT2D eigenvalue weighted by molar-refractivity contribution is 0.248. The lowest BCUT2D eigenvalue weighted by Crippen LogP contribution is -2.38. The Hall–Kier alpha value is -2.41. The summed E-state index contributed by atoms with van der Waals surface area (Å²) >= 11 is 0. The van der Waals surface area contributed by atoms with Crippen LogP contribution in [0.4, 0.5) is 16.2 Å². The van der Waals surface area contributed by atoms with Crippen molar-refractivity contribution >= 4 is 17.4 Å². The molecule has 2 aromatic carbocycles. The predicted molar refractivity (Wildman–Crippen MR) is 145 cm³/mol. The molecular formula is C28H45N5O. The average Bonchev–Trinajstić information content (AvgIpc) is 2.86. The molecule has 0 fully saturated rings. The normalized spacial score (nSPS) is 10.9. The van der Waals surface area contributed by atoms with Crippen molar-refractivity contribution in [2.24, 2.45) is 5.73 Å². The van der Waals surface area contributed by atoms with Gasteiger partial charge in [-0.3, -0.25) is 4.90 Å². The molecule has 0 atom stereocenters. The van der Waals surface area contributed by atoms with Gasteiger partial charge in [0.25, 0.3) is 0 Å². The van der Waals surface area contributed by atoms with E-state index in [1.165, 1.54) is 19.3 Å². The zero-order valence-corrected chi connectivity index (χ0v) is 21.2. The number of benzene rings is 2. The smallest absolute Gasteiger partial charge is 0.326 e. The van der Waals surface area contributed by atoms with Crippen molar-refractivity contribution in [2.75, 3.05) is 44.2 Å². The first kappa shape index (κ1) is 27.8. The number of aryl methyl sites for hydroxylation is 2. The molecule has 0 aliphatic heterocycles. The molecule has 0 spiro atoms. The number of hydrogen-bond acceptors (Lipinski definition) is 4. The zero-order chi connectivity index (χ0) is 24.4. The molecule has 0 saturated carbocycles. The summed E-state index contributed by atoms with van der Waals surface area (Å²) in [5, 5.41) is 10.1. The van der Waals surface area contributed by atoms with Crippen molar-refractivity contribution in [1.82, 2.24) is 16.0 Å². The van der Waals surface area contributed by atoms with E-state index in [0.29, 0.717) is 6.54 Å². The molecule has 2 aromatic rings. The monoisotopic (exact) mass is 467 g/mol. The van der Waals surface area contributed by atoms with E-state index >= 15 is 0 Å². The molecule has 188 valence electrons. The number of unbranched alkanes of at least 4 members (excludes halogenated alkanes) is 3. The van der Waals surface area contributed by atoms with Gasteiger partial charge in [0, 0.05) is 6.54 Å². The van der Waals surface area contributed by atoms with Crippen LogP contribution < -0.4 is 26.6 Å². The van der Waals surface area contributed by atoms with E-state index in [4.69, 9.17) is 5.73 Å². The molecule has 0 heterocycles. The summed E-state index contributed by atoms with van der Waals surface area (Å²) in [6.45, 7) is 9.81. The van der Waals surface area contributed by atoms with Crippen LogP contribution in [0.2, 0.25) is 0 Å². The fourth-order valence-electron chi connectivity index (χ4n) is 3.98. The van der Waals surface area contributed by atoms with E-state index in [0.717, 1.165) is 80.9 Å². The van der Waals surface area contributed by atoms with Gasteiger partial charge >= 0.3 is 6.03 Å². The van der Waals surface area contributed by atoms with Gasteiger partial charge in [-0.05, 0) is 108 Å². The molecule has 0 bridgehead atoms. The minimum atomic E-state index is -0.0675. The van der Waals surface area contributed by atoms with Gasteiger partial charge < -0.3 is 21.7 Å². The van der Waals surface area contributed by atoms with Crippen molar-refractivity contribution in [1.29, 1.82) is 0 Å². The summed E-state index contributed by atoms with van der Waals surface area (Å²) < 4.78 is 0. The highest BCUT2D eigenvalue weighted by Crippen LogP contribution is 2.31. The van der Waals surface area contributed by atoms with Crippen molar-refractivity contribution < 1.29 is 4.79 Å². The number of rotatable bonds is 17.